The van der Waals surface area contributed by atoms with Gasteiger partial charge in [0.1, 0.15) is 11.7 Å². The predicted octanol–water partition coefficient (Wildman–Crippen LogP) is 5.82. The van der Waals surface area contributed by atoms with Crippen LogP contribution in [0.25, 0.3) is 0 Å². The van der Waals surface area contributed by atoms with Crippen LogP contribution >= 0.6 is 0 Å². The lowest BCUT2D eigenvalue weighted by molar-refractivity contribution is -0.214. The van der Waals surface area contributed by atoms with Crippen LogP contribution in [-0.2, 0) is 19.1 Å². The molecule has 0 radical (unpaired) electrons. The molecule has 0 aromatic heterocycles. The summed E-state index contributed by atoms with van der Waals surface area (Å²) < 4.78 is 12.4. The molecule has 5 aliphatic rings. The Kier molecular flexibility index (Phi) is 4.34. The first kappa shape index (κ1) is 20.8. The van der Waals surface area contributed by atoms with Crippen molar-refractivity contribution < 1.29 is 19.1 Å². The fourth-order valence-electron chi connectivity index (χ4n) is 7.88. The lowest BCUT2D eigenvalue weighted by atomic mass is 9.51. The van der Waals surface area contributed by atoms with Gasteiger partial charge in [-0.25, -0.2) is 0 Å². The van der Waals surface area contributed by atoms with Gasteiger partial charge in [0.05, 0.1) is 11.3 Å². The van der Waals surface area contributed by atoms with Crippen molar-refractivity contribution >= 4 is 11.9 Å². The maximum Gasteiger partial charge on any atom is 0.312 e. The SMILES string of the molecule is CCC1(OC(=O)C2CC34CC(OC(=O)C5(CC(C)(C)C)CC5C)C23C4)CCCCC1. The van der Waals surface area contributed by atoms with E-state index in [1.165, 1.54) is 6.42 Å². The molecule has 0 aromatic rings. The van der Waals surface area contributed by atoms with Gasteiger partial charge < -0.3 is 9.47 Å². The number of carbonyl (C=O) groups excluding carboxylic acids is 2. The van der Waals surface area contributed by atoms with Crippen molar-refractivity contribution in [1.29, 1.82) is 0 Å². The van der Waals surface area contributed by atoms with Gasteiger partial charge >= 0.3 is 11.9 Å². The minimum atomic E-state index is -0.295. The minimum Gasteiger partial charge on any atom is -0.461 e. The normalized spacial score (nSPS) is 45.2. The van der Waals surface area contributed by atoms with Crippen molar-refractivity contribution in [2.75, 3.05) is 0 Å². The molecule has 0 aromatic carbocycles. The van der Waals surface area contributed by atoms with Gasteiger partial charge in [-0.05, 0) is 81.0 Å². The van der Waals surface area contributed by atoms with E-state index >= 15 is 0 Å². The fraction of sp³-hybridized carbons (Fsp3) is 0.923. The van der Waals surface area contributed by atoms with Gasteiger partial charge in [-0.1, -0.05) is 41.0 Å². The van der Waals surface area contributed by atoms with Crippen molar-refractivity contribution in [2.24, 2.45) is 33.5 Å². The molecule has 5 aliphatic carbocycles. The van der Waals surface area contributed by atoms with E-state index in [0.717, 1.165) is 64.2 Å². The van der Waals surface area contributed by atoms with Gasteiger partial charge in [0.15, 0.2) is 0 Å². The highest BCUT2D eigenvalue weighted by atomic mass is 16.6. The second-order valence-electron chi connectivity index (χ2n) is 12.9. The summed E-state index contributed by atoms with van der Waals surface area (Å²) in [5.41, 5.74) is -0.210. The van der Waals surface area contributed by atoms with Crippen LogP contribution in [0.15, 0.2) is 0 Å². The number of rotatable bonds is 6. The smallest absolute Gasteiger partial charge is 0.312 e. The third kappa shape index (κ3) is 2.77. The lowest BCUT2D eigenvalue weighted by Crippen LogP contribution is -2.60. The average molecular weight is 417 g/mol. The fourth-order valence-corrected chi connectivity index (χ4v) is 7.88. The van der Waals surface area contributed by atoms with E-state index in [9.17, 15) is 9.59 Å². The van der Waals surface area contributed by atoms with Crippen LogP contribution in [0.2, 0.25) is 0 Å². The molecule has 0 heterocycles. The van der Waals surface area contributed by atoms with E-state index in [2.05, 4.69) is 34.6 Å². The van der Waals surface area contributed by atoms with Crippen LogP contribution in [0.5, 0.6) is 0 Å². The van der Waals surface area contributed by atoms with E-state index in [1.54, 1.807) is 0 Å². The highest BCUT2D eigenvalue weighted by Crippen LogP contribution is 2.91. The molecule has 4 nitrogen and oxygen atoms in total. The Labute approximate surface area is 181 Å². The molecule has 5 rings (SSSR count). The number of hydrogen-bond donors (Lipinski definition) is 0. The van der Waals surface area contributed by atoms with Crippen molar-refractivity contribution in [3.63, 3.8) is 0 Å². The Hall–Kier alpha value is -1.06. The highest BCUT2D eigenvalue weighted by molar-refractivity contribution is 5.82. The molecule has 0 N–H and O–H groups in total. The standard InChI is InChI=1S/C26H40O4/c1-6-24(10-8-7-9-11-24)30-20(27)18-13-23-14-19(26(18,23)16-23)29-21(28)25(12-17(25)2)15-22(3,4)5/h17-19H,6-16H2,1-5H3. The Morgan fingerprint density at radius 3 is 2.20 bits per heavy atom. The summed E-state index contributed by atoms with van der Waals surface area (Å²) in [4.78, 5) is 26.4. The van der Waals surface area contributed by atoms with Gasteiger partial charge in [-0.2, -0.15) is 0 Å². The van der Waals surface area contributed by atoms with E-state index in [-0.39, 0.29) is 45.8 Å². The van der Waals surface area contributed by atoms with Gasteiger partial charge in [-0.3, -0.25) is 9.59 Å². The number of carbonyl (C=O) groups is 2. The highest BCUT2D eigenvalue weighted by Gasteiger charge is 2.91. The second kappa shape index (κ2) is 6.25. The molecule has 0 amide bonds. The first-order valence-corrected chi connectivity index (χ1v) is 12.5. The maximum atomic E-state index is 13.2. The van der Waals surface area contributed by atoms with Crippen LogP contribution in [0.1, 0.15) is 105 Å². The second-order valence-corrected chi connectivity index (χ2v) is 12.9. The van der Waals surface area contributed by atoms with Gasteiger partial charge in [-0.15, -0.1) is 0 Å². The molecule has 6 atom stereocenters. The van der Waals surface area contributed by atoms with Crippen LogP contribution < -0.4 is 0 Å². The molecule has 0 bridgehead atoms. The first-order chi connectivity index (χ1) is 14.0. The third-order valence-electron chi connectivity index (χ3n) is 9.83. The Morgan fingerprint density at radius 1 is 1.03 bits per heavy atom. The van der Waals surface area contributed by atoms with E-state index in [4.69, 9.17) is 9.47 Å². The zero-order valence-corrected chi connectivity index (χ0v) is 19.6. The topological polar surface area (TPSA) is 52.6 Å². The molecule has 168 valence electrons. The minimum absolute atomic E-state index is 0.00104. The molecular weight excluding hydrogens is 376 g/mol. The molecule has 5 fully saturated rings. The van der Waals surface area contributed by atoms with Gasteiger partial charge in [0, 0.05) is 5.41 Å². The molecule has 5 saturated carbocycles. The van der Waals surface area contributed by atoms with Crippen LogP contribution in [-0.4, -0.2) is 23.6 Å². The summed E-state index contributed by atoms with van der Waals surface area (Å²) in [7, 11) is 0. The maximum absolute atomic E-state index is 13.2. The molecule has 0 spiro atoms. The van der Waals surface area contributed by atoms with Crippen molar-refractivity contribution in [2.45, 2.75) is 117 Å². The largest absolute Gasteiger partial charge is 0.461 e. The first-order valence-electron chi connectivity index (χ1n) is 12.5. The molecule has 6 unspecified atom stereocenters. The lowest BCUT2D eigenvalue weighted by Gasteiger charge is -2.56. The van der Waals surface area contributed by atoms with Crippen molar-refractivity contribution in [3.8, 4) is 0 Å². The zero-order valence-electron chi connectivity index (χ0n) is 19.6. The third-order valence-corrected chi connectivity index (χ3v) is 9.83. The van der Waals surface area contributed by atoms with Crippen LogP contribution in [0.3, 0.4) is 0 Å². The molecule has 30 heavy (non-hydrogen) atoms. The summed E-state index contributed by atoms with van der Waals surface area (Å²) in [5.74, 6) is 0.353. The Morgan fingerprint density at radius 2 is 1.70 bits per heavy atom. The molecule has 4 heteroatoms. The summed E-state index contributed by atoms with van der Waals surface area (Å²) >= 11 is 0. The molecular formula is C26H40O4. The number of hydrogen-bond acceptors (Lipinski definition) is 4. The summed E-state index contributed by atoms with van der Waals surface area (Å²) in [6, 6.07) is 0. The van der Waals surface area contributed by atoms with E-state index in [1.807, 2.05) is 0 Å². The van der Waals surface area contributed by atoms with Crippen molar-refractivity contribution in [3.05, 3.63) is 0 Å². The number of esters is 2. The average Bonchev–Trinajstić information content (AvgIpc) is 3.37. The quantitative estimate of drug-likeness (QED) is 0.512. The Balaban J connectivity index is 1.24. The number of ether oxygens (including phenoxy) is 2. The summed E-state index contributed by atoms with van der Waals surface area (Å²) in [6.07, 6.45) is 11.2. The van der Waals surface area contributed by atoms with E-state index < -0.39 is 0 Å². The zero-order chi connectivity index (χ0) is 21.6. The van der Waals surface area contributed by atoms with E-state index in [0.29, 0.717) is 11.3 Å². The Bertz CT molecular complexity index is 759. The van der Waals surface area contributed by atoms with Gasteiger partial charge in [0.2, 0.25) is 0 Å². The van der Waals surface area contributed by atoms with Crippen LogP contribution in [0, 0.1) is 33.5 Å². The monoisotopic (exact) mass is 416 g/mol. The summed E-state index contributed by atoms with van der Waals surface area (Å²) in [6.45, 7) is 10.9. The molecule has 0 aliphatic heterocycles. The summed E-state index contributed by atoms with van der Waals surface area (Å²) in [5, 5.41) is 0. The van der Waals surface area contributed by atoms with Gasteiger partial charge in [0.25, 0.3) is 0 Å². The predicted molar refractivity (Wildman–Crippen MR) is 115 cm³/mol. The van der Waals surface area contributed by atoms with Crippen molar-refractivity contribution in [1.82, 2.24) is 0 Å². The van der Waals surface area contributed by atoms with Crippen LogP contribution in [0.4, 0.5) is 0 Å². The molecule has 0 saturated heterocycles.